The van der Waals surface area contributed by atoms with Gasteiger partial charge >= 0.3 is 0 Å². The number of rotatable bonds is 5. The van der Waals surface area contributed by atoms with Crippen LogP contribution < -0.4 is 5.32 Å². The minimum atomic E-state index is -0.509. The fourth-order valence-corrected chi connectivity index (χ4v) is 3.33. The summed E-state index contributed by atoms with van der Waals surface area (Å²) < 4.78 is 4.14. The Labute approximate surface area is 171 Å². The second-order valence-corrected chi connectivity index (χ2v) is 7.84. The molecule has 1 unspecified atom stereocenters. The third kappa shape index (κ3) is 4.25. The van der Waals surface area contributed by atoms with Gasteiger partial charge in [0.25, 0.3) is 0 Å². The maximum absolute atomic E-state index is 12.7. The molecule has 0 aliphatic heterocycles. The van der Waals surface area contributed by atoms with Crippen molar-refractivity contribution in [3.8, 4) is 0 Å². The third-order valence-electron chi connectivity index (χ3n) is 4.41. The number of aromatic nitrogens is 4. The van der Waals surface area contributed by atoms with Crippen molar-refractivity contribution in [1.29, 1.82) is 0 Å². The molecule has 0 aliphatic rings. The van der Waals surface area contributed by atoms with Crippen LogP contribution in [0.3, 0.4) is 0 Å². The van der Waals surface area contributed by atoms with E-state index in [1.807, 2.05) is 20.0 Å². The van der Waals surface area contributed by atoms with E-state index in [2.05, 4.69) is 62.6 Å². The summed E-state index contributed by atoms with van der Waals surface area (Å²) in [6.07, 6.45) is 1.85. The highest BCUT2D eigenvalue weighted by molar-refractivity contribution is 9.10. The smallest absolute Gasteiger partial charge is 0.250 e. The molecule has 0 bridgehead atoms. The average molecular weight is 451 g/mol. The zero-order valence-electron chi connectivity index (χ0n) is 15.6. The topological polar surface area (TPSA) is 64.7 Å². The van der Waals surface area contributed by atoms with Gasteiger partial charge in [0.1, 0.15) is 6.04 Å². The lowest BCUT2D eigenvalue weighted by Crippen LogP contribution is -2.25. The number of nitrogens with zero attached hydrogens (tertiary/aromatic N) is 4. The SMILES string of the molecule is Cc1ccc(Cn2cc(Br)c(NC(=O)C(C)n3nc(C)c(Cl)c3C)n2)cc1. The van der Waals surface area contributed by atoms with Crippen molar-refractivity contribution < 1.29 is 4.79 Å². The van der Waals surface area contributed by atoms with Crippen LogP contribution in [0.25, 0.3) is 0 Å². The van der Waals surface area contributed by atoms with Crippen molar-refractivity contribution in [2.75, 3.05) is 5.32 Å². The highest BCUT2D eigenvalue weighted by Gasteiger charge is 2.22. The first kappa shape index (κ1) is 19.6. The Kier molecular flexibility index (Phi) is 5.72. The van der Waals surface area contributed by atoms with Crippen molar-refractivity contribution in [2.24, 2.45) is 0 Å². The van der Waals surface area contributed by atoms with Crippen LogP contribution in [-0.2, 0) is 11.3 Å². The molecule has 1 atom stereocenters. The molecule has 6 nitrogen and oxygen atoms in total. The summed E-state index contributed by atoms with van der Waals surface area (Å²) in [4.78, 5) is 12.7. The Bertz CT molecular complexity index is 977. The second-order valence-electron chi connectivity index (χ2n) is 6.60. The standard InChI is InChI=1S/C19H21BrClN5O/c1-11-5-7-15(8-6-11)9-25-10-16(20)18(24-25)22-19(27)14(4)26-13(3)17(21)12(2)23-26/h5-8,10,14H,9H2,1-4H3,(H,22,24,27). The summed E-state index contributed by atoms with van der Waals surface area (Å²) in [5.74, 6) is 0.269. The number of nitrogens with one attached hydrogen (secondary N) is 1. The van der Waals surface area contributed by atoms with E-state index >= 15 is 0 Å². The minimum absolute atomic E-state index is 0.210. The van der Waals surface area contributed by atoms with E-state index in [1.54, 1.807) is 16.3 Å². The summed E-state index contributed by atoms with van der Waals surface area (Å²) in [7, 11) is 0. The van der Waals surface area contributed by atoms with Crippen LogP contribution >= 0.6 is 27.5 Å². The largest absolute Gasteiger partial charge is 0.306 e. The van der Waals surface area contributed by atoms with Crippen LogP contribution in [0, 0.1) is 20.8 Å². The summed E-state index contributed by atoms with van der Waals surface area (Å²) in [6, 6.07) is 7.76. The van der Waals surface area contributed by atoms with E-state index in [0.29, 0.717) is 23.1 Å². The van der Waals surface area contributed by atoms with E-state index < -0.39 is 6.04 Å². The van der Waals surface area contributed by atoms with Crippen LogP contribution in [0.15, 0.2) is 34.9 Å². The summed E-state index contributed by atoms with van der Waals surface area (Å²) in [5, 5.41) is 12.3. The molecule has 142 valence electrons. The maximum Gasteiger partial charge on any atom is 0.250 e. The van der Waals surface area contributed by atoms with E-state index in [0.717, 1.165) is 15.7 Å². The normalized spacial score (nSPS) is 12.2. The van der Waals surface area contributed by atoms with Crippen molar-refractivity contribution in [3.63, 3.8) is 0 Å². The molecule has 1 N–H and O–H groups in total. The zero-order chi connectivity index (χ0) is 19.7. The molecule has 1 amide bonds. The lowest BCUT2D eigenvalue weighted by atomic mass is 10.1. The van der Waals surface area contributed by atoms with Crippen LogP contribution in [0.2, 0.25) is 5.02 Å². The van der Waals surface area contributed by atoms with Crippen molar-refractivity contribution in [1.82, 2.24) is 19.6 Å². The van der Waals surface area contributed by atoms with Gasteiger partial charge < -0.3 is 5.32 Å². The summed E-state index contributed by atoms with van der Waals surface area (Å²) in [6.45, 7) is 8.12. The molecule has 1 aromatic carbocycles. The molecule has 0 radical (unpaired) electrons. The molecule has 3 aromatic rings. The van der Waals surface area contributed by atoms with E-state index in [1.165, 1.54) is 5.56 Å². The number of carbonyl (C=O) groups excluding carboxylic acids is 1. The highest BCUT2D eigenvalue weighted by atomic mass is 79.9. The number of carbonyl (C=O) groups is 1. The molecular formula is C19H21BrClN5O. The van der Waals surface area contributed by atoms with Crippen molar-refractivity contribution in [3.05, 3.63) is 62.5 Å². The molecule has 2 heterocycles. The van der Waals surface area contributed by atoms with Crippen molar-refractivity contribution in [2.45, 2.75) is 40.3 Å². The number of benzene rings is 1. The number of anilines is 1. The van der Waals surface area contributed by atoms with Gasteiger partial charge in [-0.15, -0.1) is 0 Å². The summed E-state index contributed by atoms with van der Waals surface area (Å²) in [5.41, 5.74) is 3.82. The molecular weight excluding hydrogens is 430 g/mol. The molecule has 27 heavy (non-hydrogen) atoms. The molecule has 2 aromatic heterocycles. The molecule has 0 aliphatic carbocycles. The molecule has 8 heteroatoms. The van der Waals surface area contributed by atoms with Gasteiger partial charge in [0.05, 0.1) is 27.4 Å². The van der Waals surface area contributed by atoms with Crippen molar-refractivity contribution >= 4 is 39.3 Å². The predicted octanol–water partition coefficient (Wildman–Crippen LogP) is 4.67. The van der Waals surface area contributed by atoms with E-state index in [-0.39, 0.29) is 5.91 Å². The fourth-order valence-electron chi connectivity index (χ4n) is 2.80. The third-order valence-corrected chi connectivity index (χ3v) is 5.53. The summed E-state index contributed by atoms with van der Waals surface area (Å²) >= 11 is 9.65. The second kappa shape index (κ2) is 7.86. The quantitative estimate of drug-likeness (QED) is 0.614. The Hall–Kier alpha value is -2.12. The first-order chi connectivity index (χ1) is 12.8. The Morgan fingerprint density at radius 3 is 2.48 bits per heavy atom. The van der Waals surface area contributed by atoms with Gasteiger partial charge in [-0.25, -0.2) is 0 Å². The van der Waals surface area contributed by atoms with Crippen LogP contribution in [0.4, 0.5) is 5.82 Å². The molecule has 0 spiro atoms. The molecule has 0 saturated carbocycles. The number of hydrogen-bond acceptors (Lipinski definition) is 3. The van der Waals surface area contributed by atoms with Gasteiger partial charge in [0.2, 0.25) is 5.91 Å². The molecule has 3 rings (SSSR count). The molecule has 0 saturated heterocycles. The monoisotopic (exact) mass is 449 g/mol. The highest BCUT2D eigenvalue weighted by Crippen LogP contribution is 2.25. The van der Waals surface area contributed by atoms with Gasteiger partial charge in [-0.05, 0) is 49.2 Å². The average Bonchev–Trinajstić information content (AvgIpc) is 3.10. The Morgan fingerprint density at radius 1 is 1.22 bits per heavy atom. The van der Waals surface area contributed by atoms with Gasteiger partial charge in [-0.3, -0.25) is 14.2 Å². The number of aryl methyl sites for hydroxylation is 2. The van der Waals surface area contributed by atoms with E-state index in [9.17, 15) is 4.79 Å². The van der Waals surface area contributed by atoms with Crippen LogP contribution in [0.1, 0.15) is 35.5 Å². The Balaban J connectivity index is 1.73. The van der Waals surface area contributed by atoms with Gasteiger partial charge in [0.15, 0.2) is 5.82 Å². The number of hydrogen-bond donors (Lipinski definition) is 1. The number of amides is 1. The number of halogens is 2. The molecule has 0 fully saturated rings. The van der Waals surface area contributed by atoms with Gasteiger partial charge in [0, 0.05) is 6.20 Å². The predicted molar refractivity (Wildman–Crippen MR) is 110 cm³/mol. The minimum Gasteiger partial charge on any atom is -0.306 e. The lowest BCUT2D eigenvalue weighted by Gasteiger charge is -2.13. The van der Waals surface area contributed by atoms with Gasteiger partial charge in [-0.1, -0.05) is 41.4 Å². The lowest BCUT2D eigenvalue weighted by molar-refractivity contribution is -0.119. The maximum atomic E-state index is 12.7. The Morgan fingerprint density at radius 2 is 1.89 bits per heavy atom. The van der Waals surface area contributed by atoms with Crippen LogP contribution in [-0.4, -0.2) is 25.5 Å². The first-order valence-electron chi connectivity index (χ1n) is 8.57. The first-order valence-corrected chi connectivity index (χ1v) is 9.74. The fraction of sp³-hybridized carbons (Fsp3) is 0.316. The van der Waals surface area contributed by atoms with Crippen LogP contribution in [0.5, 0.6) is 0 Å². The zero-order valence-corrected chi connectivity index (χ0v) is 18.0. The van der Waals surface area contributed by atoms with E-state index in [4.69, 9.17) is 11.6 Å². The van der Waals surface area contributed by atoms with Gasteiger partial charge in [-0.2, -0.15) is 10.2 Å².